The lowest BCUT2D eigenvalue weighted by Gasteiger charge is -2.01. The molecule has 1 aromatic rings. The minimum Gasteiger partial charge on any atom is -0.212 e. The molecule has 1 rings (SSSR count). The molecule has 0 spiro atoms. The van der Waals surface area contributed by atoms with Gasteiger partial charge in [-0.1, -0.05) is 36.9 Å². The molecule has 0 N–H and O–H groups in total. The smallest absolute Gasteiger partial charge is 0.212 e. The van der Waals surface area contributed by atoms with E-state index in [-0.39, 0.29) is 5.75 Å². The first-order valence-electron chi connectivity index (χ1n) is 3.64. The molecule has 0 unspecified atom stereocenters. The Kier molecular flexibility index (Phi) is 3.12. The fraction of sp³-hybridized carbons (Fsp3) is 0.111. The van der Waals surface area contributed by atoms with Crippen LogP contribution in [0.4, 0.5) is 0 Å². The van der Waals surface area contributed by atoms with Gasteiger partial charge in [0.1, 0.15) is 0 Å². The van der Waals surface area contributed by atoms with E-state index in [1.807, 2.05) is 18.2 Å². The second-order valence-electron chi connectivity index (χ2n) is 2.65. The van der Waals surface area contributed by atoms with E-state index in [0.717, 1.165) is 5.56 Å². The molecule has 0 aliphatic rings. The summed E-state index contributed by atoms with van der Waals surface area (Å²) in [5, 5.41) is 0. The van der Waals surface area contributed by atoms with Gasteiger partial charge in [0.25, 0.3) is 0 Å². The standard InChI is InChI=1S/C9H9ClO2S/c1-8(7-13(10,11)12)9-5-3-2-4-6-9/h2-6H,1,7H2. The van der Waals surface area contributed by atoms with Crippen molar-refractivity contribution in [3.8, 4) is 0 Å². The summed E-state index contributed by atoms with van der Waals surface area (Å²) < 4.78 is 21.4. The molecular weight excluding hydrogens is 208 g/mol. The second-order valence-corrected chi connectivity index (χ2v) is 5.43. The topological polar surface area (TPSA) is 34.1 Å². The molecule has 1 aromatic carbocycles. The highest BCUT2D eigenvalue weighted by Crippen LogP contribution is 2.15. The molecule has 0 radical (unpaired) electrons. The van der Waals surface area contributed by atoms with Crippen molar-refractivity contribution in [2.45, 2.75) is 0 Å². The van der Waals surface area contributed by atoms with E-state index in [2.05, 4.69) is 6.58 Å². The lowest BCUT2D eigenvalue weighted by atomic mass is 10.1. The van der Waals surface area contributed by atoms with Crippen molar-refractivity contribution in [3.63, 3.8) is 0 Å². The van der Waals surface area contributed by atoms with Crippen LogP contribution in [0.3, 0.4) is 0 Å². The summed E-state index contributed by atoms with van der Waals surface area (Å²) in [5.74, 6) is -0.210. The fourth-order valence-electron chi connectivity index (χ4n) is 0.965. The average molecular weight is 217 g/mol. The highest BCUT2D eigenvalue weighted by Gasteiger charge is 2.08. The Morgan fingerprint density at radius 2 is 1.85 bits per heavy atom. The van der Waals surface area contributed by atoms with Gasteiger partial charge in [0.15, 0.2) is 0 Å². The van der Waals surface area contributed by atoms with E-state index in [1.54, 1.807) is 12.1 Å². The van der Waals surface area contributed by atoms with Gasteiger partial charge in [-0.3, -0.25) is 0 Å². The molecule has 0 fully saturated rings. The third kappa shape index (κ3) is 3.61. The van der Waals surface area contributed by atoms with E-state index in [1.165, 1.54) is 0 Å². The predicted octanol–water partition coefficient (Wildman–Crippen LogP) is 2.27. The molecule has 0 saturated heterocycles. The summed E-state index contributed by atoms with van der Waals surface area (Å²) >= 11 is 0. The van der Waals surface area contributed by atoms with Crippen LogP contribution < -0.4 is 0 Å². The van der Waals surface area contributed by atoms with Crippen LogP contribution in [0.5, 0.6) is 0 Å². The molecule has 0 amide bonds. The van der Waals surface area contributed by atoms with Crippen molar-refractivity contribution in [2.75, 3.05) is 5.75 Å². The van der Waals surface area contributed by atoms with Crippen LogP contribution in [-0.4, -0.2) is 14.2 Å². The maximum absolute atomic E-state index is 10.7. The van der Waals surface area contributed by atoms with Crippen LogP contribution in [0.1, 0.15) is 5.56 Å². The monoisotopic (exact) mass is 216 g/mol. The quantitative estimate of drug-likeness (QED) is 0.727. The zero-order chi connectivity index (χ0) is 9.90. The number of hydrogen-bond acceptors (Lipinski definition) is 2. The maximum atomic E-state index is 10.7. The molecule has 0 aromatic heterocycles. The van der Waals surface area contributed by atoms with Gasteiger partial charge in [0, 0.05) is 10.7 Å². The molecule has 2 nitrogen and oxygen atoms in total. The van der Waals surface area contributed by atoms with Crippen LogP contribution in [0.15, 0.2) is 36.9 Å². The summed E-state index contributed by atoms with van der Waals surface area (Å²) in [6, 6.07) is 9.09. The second kappa shape index (κ2) is 3.94. The van der Waals surface area contributed by atoms with Crippen LogP contribution in [0.25, 0.3) is 5.57 Å². The third-order valence-corrected chi connectivity index (χ3v) is 2.55. The van der Waals surface area contributed by atoms with Gasteiger partial charge in [-0.2, -0.15) is 0 Å². The van der Waals surface area contributed by atoms with E-state index in [0.29, 0.717) is 5.57 Å². The highest BCUT2D eigenvalue weighted by atomic mass is 35.7. The molecule has 0 saturated carbocycles. The van der Waals surface area contributed by atoms with Crippen LogP contribution >= 0.6 is 10.7 Å². The van der Waals surface area contributed by atoms with Gasteiger partial charge >= 0.3 is 0 Å². The van der Waals surface area contributed by atoms with Gasteiger partial charge in [-0.25, -0.2) is 8.42 Å². The molecule has 0 bridgehead atoms. The molecule has 0 aliphatic carbocycles. The SMILES string of the molecule is C=C(CS(=O)(=O)Cl)c1ccccc1. The predicted molar refractivity (Wildman–Crippen MR) is 55.1 cm³/mol. The van der Waals surface area contributed by atoms with Gasteiger partial charge < -0.3 is 0 Å². The van der Waals surface area contributed by atoms with Gasteiger partial charge in [0.2, 0.25) is 9.05 Å². The molecular formula is C9H9ClO2S. The molecule has 4 heteroatoms. The van der Waals surface area contributed by atoms with E-state index in [4.69, 9.17) is 10.7 Å². The molecule has 0 aliphatic heterocycles. The lowest BCUT2D eigenvalue weighted by Crippen LogP contribution is -1.98. The summed E-state index contributed by atoms with van der Waals surface area (Å²) in [4.78, 5) is 0. The summed E-state index contributed by atoms with van der Waals surface area (Å²) in [6.45, 7) is 3.65. The number of halogens is 1. The van der Waals surface area contributed by atoms with Crippen molar-refractivity contribution in [2.24, 2.45) is 0 Å². The van der Waals surface area contributed by atoms with Crippen LogP contribution in [-0.2, 0) is 9.05 Å². The average Bonchev–Trinajstić information content (AvgIpc) is 2.03. The maximum Gasteiger partial charge on any atom is 0.236 e. The van der Waals surface area contributed by atoms with Crippen molar-refractivity contribution < 1.29 is 8.42 Å². The first kappa shape index (κ1) is 10.3. The Labute approximate surface area is 82.3 Å². The summed E-state index contributed by atoms with van der Waals surface area (Å²) in [7, 11) is 1.59. The third-order valence-electron chi connectivity index (χ3n) is 1.53. The molecule has 13 heavy (non-hydrogen) atoms. The number of rotatable bonds is 3. The van der Waals surface area contributed by atoms with E-state index >= 15 is 0 Å². The van der Waals surface area contributed by atoms with Gasteiger partial charge in [0.05, 0.1) is 5.75 Å². The van der Waals surface area contributed by atoms with Crippen LogP contribution in [0.2, 0.25) is 0 Å². The van der Waals surface area contributed by atoms with Gasteiger partial charge in [-0.15, -0.1) is 0 Å². The van der Waals surface area contributed by atoms with Crippen molar-refractivity contribution in [3.05, 3.63) is 42.5 Å². The van der Waals surface area contributed by atoms with Crippen molar-refractivity contribution >= 4 is 25.3 Å². The summed E-state index contributed by atoms with van der Waals surface area (Å²) in [6.07, 6.45) is 0. The normalized spacial score (nSPS) is 11.2. The van der Waals surface area contributed by atoms with Crippen molar-refractivity contribution in [1.29, 1.82) is 0 Å². The van der Waals surface area contributed by atoms with E-state index < -0.39 is 9.05 Å². The number of benzene rings is 1. The minimum atomic E-state index is -3.50. The molecule has 0 atom stereocenters. The zero-order valence-electron chi connectivity index (χ0n) is 6.90. The Bertz CT molecular complexity index is 395. The lowest BCUT2D eigenvalue weighted by molar-refractivity contribution is 0.612. The molecule has 0 heterocycles. The first-order valence-corrected chi connectivity index (χ1v) is 6.12. The largest absolute Gasteiger partial charge is 0.236 e. The minimum absolute atomic E-state index is 0.210. The Morgan fingerprint density at radius 1 is 1.31 bits per heavy atom. The Balaban J connectivity index is 2.82. The Morgan fingerprint density at radius 3 is 2.31 bits per heavy atom. The van der Waals surface area contributed by atoms with Crippen molar-refractivity contribution in [1.82, 2.24) is 0 Å². The highest BCUT2D eigenvalue weighted by molar-refractivity contribution is 8.14. The zero-order valence-corrected chi connectivity index (χ0v) is 8.48. The first-order chi connectivity index (χ1) is 5.99. The van der Waals surface area contributed by atoms with E-state index in [9.17, 15) is 8.42 Å². The van der Waals surface area contributed by atoms with Crippen LogP contribution in [0, 0.1) is 0 Å². The summed E-state index contributed by atoms with van der Waals surface area (Å²) in [5.41, 5.74) is 1.31. The molecule has 70 valence electrons. The Hall–Kier alpha value is -0.800. The number of hydrogen-bond donors (Lipinski definition) is 0. The fourth-order valence-corrected chi connectivity index (χ4v) is 1.94. The van der Waals surface area contributed by atoms with Gasteiger partial charge in [-0.05, 0) is 11.1 Å².